The largest absolute Gasteiger partial charge is 0.477 e. The van der Waals surface area contributed by atoms with Crippen molar-refractivity contribution in [2.75, 3.05) is 13.1 Å². The van der Waals surface area contributed by atoms with Crippen LogP contribution in [0.3, 0.4) is 0 Å². The first-order valence-corrected chi connectivity index (χ1v) is 10.6. The lowest BCUT2D eigenvalue weighted by molar-refractivity contribution is 0.0681. The molecule has 1 aliphatic rings. The molecule has 0 bridgehead atoms. The van der Waals surface area contributed by atoms with E-state index in [9.17, 15) is 9.90 Å². The first kappa shape index (κ1) is 20.8. The van der Waals surface area contributed by atoms with Crippen molar-refractivity contribution in [2.24, 2.45) is 0 Å². The summed E-state index contributed by atoms with van der Waals surface area (Å²) in [6.45, 7) is 2.26. The third kappa shape index (κ3) is 4.65. The highest BCUT2D eigenvalue weighted by Gasteiger charge is 2.27. The summed E-state index contributed by atoms with van der Waals surface area (Å²) < 4.78 is 1.65. The summed E-state index contributed by atoms with van der Waals surface area (Å²) in [5.41, 5.74) is 5.97. The highest BCUT2D eigenvalue weighted by atomic mass is 16.4. The van der Waals surface area contributed by atoms with Crippen LogP contribution in [0.15, 0.2) is 42.7 Å². The minimum absolute atomic E-state index is 0.318. The number of rotatable bonds is 9. The van der Waals surface area contributed by atoms with E-state index in [0.29, 0.717) is 24.2 Å². The van der Waals surface area contributed by atoms with E-state index >= 15 is 0 Å². The molecule has 4 rings (SSSR count). The molecule has 1 aromatic carbocycles. The first-order valence-electron chi connectivity index (χ1n) is 10.6. The Morgan fingerprint density at radius 1 is 1.16 bits per heavy atom. The van der Waals surface area contributed by atoms with Gasteiger partial charge in [-0.3, -0.25) is 9.67 Å². The van der Waals surface area contributed by atoms with E-state index in [2.05, 4.69) is 21.5 Å². The monoisotopic (exact) mass is 415 g/mol. The Morgan fingerprint density at radius 2 is 1.97 bits per heavy atom. The van der Waals surface area contributed by atoms with Crippen LogP contribution in [0.4, 0.5) is 0 Å². The number of carboxylic acid groups (broad SMARTS) is 1. The summed E-state index contributed by atoms with van der Waals surface area (Å²) in [7, 11) is 0. The van der Waals surface area contributed by atoms with E-state index in [0.717, 1.165) is 61.2 Å². The van der Waals surface area contributed by atoms with Gasteiger partial charge in [0.15, 0.2) is 0 Å². The molecular formula is C24H25N5O2. The Bertz CT molecular complexity index is 1110. The van der Waals surface area contributed by atoms with Crippen LogP contribution in [0.25, 0.3) is 11.3 Å². The summed E-state index contributed by atoms with van der Waals surface area (Å²) in [4.78, 5) is 16.1. The van der Waals surface area contributed by atoms with Crippen molar-refractivity contribution < 1.29 is 9.90 Å². The number of aromatic carboxylic acids is 1. The smallest absolute Gasteiger partial charge is 0.354 e. The van der Waals surface area contributed by atoms with Gasteiger partial charge in [-0.15, -0.1) is 0 Å². The first-order chi connectivity index (χ1) is 15.2. The van der Waals surface area contributed by atoms with Crippen LogP contribution >= 0.6 is 0 Å². The standard InChI is InChI=1S/C24H25N5O2/c25-15-18-6-4-17(5-7-18)3-1-11-26-12-2-14-29-23(24(30)31)21-9-8-19-16-27-13-10-20(19)22(21)28-29/h4-7,10,13,16,26H,1-3,8-9,11-12,14H2,(H,30,31). The van der Waals surface area contributed by atoms with Crippen molar-refractivity contribution in [3.8, 4) is 17.3 Å². The number of hydrogen-bond acceptors (Lipinski definition) is 5. The molecule has 0 aliphatic heterocycles. The zero-order valence-electron chi connectivity index (χ0n) is 17.3. The van der Waals surface area contributed by atoms with E-state index < -0.39 is 5.97 Å². The number of carbonyl (C=O) groups is 1. The molecule has 0 spiro atoms. The Balaban J connectivity index is 1.29. The number of hydrogen-bond donors (Lipinski definition) is 2. The maximum atomic E-state index is 11.9. The van der Waals surface area contributed by atoms with Crippen LogP contribution in [0.2, 0.25) is 0 Å². The van der Waals surface area contributed by atoms with Crippen LogP contribution < -0.4 is 5.32 Å². The lowest BCUT2D eigenvalue weighted by Gasteiger charge is -2.14. The third-order valence-electron chi connectivity index (χ3n) is 5.68. The maximum absolute atomic E-state index is 11.9. The molecule has 3 aromatic rings. The fourth-order valence-corrected chi connectivity index (χ4v) is 4.11. The number of aryl methyl sites for hydroxylation is 3. The molecule has 7 heteroatoms. The average Bonchev–Trinajstić information content (AvgIpc) is 3.18. The topological polar surface area (TPSA) is 104 Å². The fourth-order valence-electron chi connectivity index (χ4n) is 4.11. The zero-order chi connectivity index (χ0) is 21.6. The molecule has 0 atom stereocenters. The molecule has 1 aliphatic carbocycles. The number of nitriles is 1. The molecule has 2 aromatic heterocycles. The van der Waals surface area contributed by atoms with Crippen molar-refractivity contribution in [2.45, 2.75) is 38.6 Å². The highest BCUT2D eigenvalue weighted by Crippen LogP contribution is 2.34. The minimum Gasteiger partial charge on any atom is -0.477 e. The molecule has 31 heavy (non-hydrogen) atoms. The summed E-state index contributed by atoms with van der Waals surface area (Å²) in [6.07, 6.45) is 7.83. The van der Waals surface area contributed by atoms with Gasteiger partial charge in [0.2, 0.25) is 0 Å². The maximum Gasteiger partial charge on any atom is 0.354 e. The van der Waals surface area contributed by atoms with Crippen molar-refractivity contribution in [1.82, 2.24) is 20.1 Å². The minimum atomic E-state index is -0.915. The number of aromatic nitrogens is 3. The molecule has 7 nitrogen and oxygen atoms in total. The van der Waals surface area contributed by atoms with Crippen LogP contribution in [-0.2, 0) is 25.8 Å². The Kier molecular flexibility index (Phi) is 6.39. The molecule has 0 radical (unpaired) electrons. The van der Waals surface area contributed by atoms with Gasteiger partial charge in [0.25, 0.3) is 0 Å². The van der Waals surface area contributed by atoms with Crippen LogP contribution in [0.1, 0.15) is 45.6 Å². The molecule has 0 amide bonds. The predicted molar refractivity (Wildman–Crippen MR) is 117 cm³/mol. The Labute approximate surface area is 181 Å². The summed E-state index contributed by atoms with van der Waals surface area (Å²) in [5.74, 6) is -0.915. The van der Waals surface area contributed by atoms with Gasteiger partial charge in [-0.1, -0.05) is 12.1 Å². The van der Waals surface area contributed by atoms with E-state index in [1.807, 2.05) is 36.5 Å². The van der Waals surface area contributed by atoms with Crippen molar-refractivity contribution >= 4 is 5.97 Å². The number of nitrogens with one attached hydrogen (secondary N) is 1. The third-order valence-corrected chi connectivity index (χ3v) is 5.68. The van der Waals surface area contributed by atoms with Gasteiger partial charge in [0.1, 0.15) is 5.69 Å². The van der Waals surface area contributed by atoms with Crippen LogP contribution in [0, 0.1) is 11.3 Å². The van der Waals surface area contributed by atoms with E-state index in [-0.39, 0.29) is 0 Å². The number of nitrogens with zero attached hydrogens (tertiary/aromatic N) is 4. The summed E-state index contributed by atoms with van der Waals surface area (Å²) in [5, 5.41) is 26.7. The van der Waals surface area contributed by atoms with Crippen LogP contribution in [-0.4, -0.2) is 38.9 Å². The van der Waals surface area contributed by atoms with Gasteiger partial charge >= 0.3 is 5.97 Å². The van der Waals surface area contributed by atoms with Gasteiger partial charge in [0.05, 0.1) is 17.3 Å². The lowest BCUT2D eigenvalue weighted by atomic mass is 9.90. The Hall–Kier alpha value is -3.50. The van der Waals surface area contributed by atoms with Crippen LogP contribution in [0.5, 0.6) is 0 Å². The van der Waals surface area contributed by atoms with Gasteiger partial charge < -0.3 is 10.4 Å². The molecule has 2 heterocycles. The van der Waals surface area contributed by atoms with Gasteiger partial charge in [-0.2, -0.15) is 10.4 Å². The van der Waals surface area contributed by atoms with E-state index in [1.165, 1.54) is 5.56 Å². The molecule has 2 N–H and O–H groups in total. The second-order valence-corrected chi connectivity index (χ2v) is 7.75. The van der Waals surface area contributed by atoms with E-state index in [1.54, 1.807) is 10.9 Å². The number of benzene rings is 1. The van der Waals surface area contributed by atoms with E-state index in [4.69, 9.17) is 5.26 Å². The summed E-state index contributed by atoms with van der Waals surface area (Å²) in [6, 6.07) is 11.7. The second-order valence-electron chi connectivity index (χ2n) is 7.75. The number of carboxylic acids is 1. The fraction of sp³-hybridized carbons (Fsp3) is 0.333. The predicted octanol–water partition coefficient (Wildman–Crippen LogP) is 3.23. The molecule has 0 saturated heterocycles. The van der Waals surface area contributed by atoms with Gasteiger partial charge in [-0.25, -0.2) is 4.79 Å². The van der Waals surface area contributed by atoms with Crippen molar-refractivity contribution in [3.05, 3.63) is 70.7 Å². The molecule has 0 saturated carbocycles. The lowest BCUT2D eigenvalue weighted by Crippen LogP contribution is -2.20. The SMILES string of the molecule is N#Cc1ccc(CCCNCCCn2nc3c(c2C(=O)O)CCc2cnccc2-3)cc1. The second kappa shape index (κ2) is 9.54. The molecule has 158 valence electrons. The average molecular weight is 415 g/mol. The Morgan fingerprint density at radius 3 is 2.74 bits per heavy atom. The molecule has 0 fully saturated rings. The summed E-state index contributed by atoms with van der Waals surface area (Å²) >= 11 is 0. The van der Waals surface area contributed by atoms with Crippen molar-refractivity contribution in [3.63, 3.8) is 0 Å². The molecular weight excluding hydrogens is 390 g/mol. The van der Waals surface area contributed by atoms with Gasteiger partial charge in [0, 0.05) is 30.1 Å². The van der Waals surface area contributed by atoms with Crippen molar-refractivity contribution in [1.29, 1.82) is 5.26 Å². The highest BCUT2D eigenvalue weighted by molar-refractivity contribution is 5.90. The number of fused-ring (bicyclic) bond motifs is 3. The molecule has 0 unspecified atom stereocenters. The number of pyridine rings is 1. The zero-order valence-corrected chi connectivity index (χ0v) is 17.3. The van der Waals surface area contributed by atoms with Gasteiger partial charge in [-0.05, 0) is 74.5 Å². The normalized spacial score (nSPS) is 12.1. The quantitative estimate of drug-likeness (QED) is 0.520.